The summed E-state index contributed by atoms with van der Waals surface area (Å²) in [5, 5.41) is 12.7. The van der Waals surface area contributed by atoms with Gasteiger partial charge in [-0.1, -0.05) is 18.6 Å². The number of carbonyl (C=O) groups excluding carboxylic acids is 1. The topological polar surface area (TPSA) is 75.4 Å². The number of benzene rings is 1. The normalized spacial score (nSPS) is 23.2. The number of rotatable bonds is 5. The molecule has 1 amide bonds. The molecule has 98 valence electrons. The molecular formula is C14H20N2O2. The zero-order valence-electron chi connectivity index (χ0n) is 10.4. The molecule has 0 aromatic heterocycles. The van der Waals surface area contributed by atoms with Gasteiger partial charge in [-0.2, -0.15) is 0 Å². The van der Waals surface area contributed by atoms with Crippen LogP contribution in [0.15, 0.2) is 24.3 Å². The van der Waals surface area contributed by atoms with Crippen LogP contribution in [0, 0.1) is 5.92 Å². The molecule has 0 saturated heterocycles. The van der Waals surface area contributed by atoms with Crippen molar-refractivity contribution in [3.63, 3.8) is 0 Å². The van der Waals surface area contributed by atoms with Gasteiger partial charge in [0.15, 0.2) is 0 Å². The highest BCUT2D eigenvalue weighted by Gasteiger charge is 2.25. The molecule has 1 saturated carbocycles. The molecule has 18 heavy (non-hydrogen) atoms. The summed E-state index contributed by atoms with van der Waals surface area (Å²) in [7, 11) is 0. The highest BCUT2D eigenvalue weighted by Crippen LogP contribution is 2.25. The van der Waals surface area contributed by atoms with Crippen molar-refractivity contribution in [2.45, 2.75) is 31.8 Å². The van der Waals surface area contributed by atoms with E-state index in [0.717, 1.165) is 24.9 Å². The second kappa shape index (κ2) is 5.98. The third kappa shape index (κ3) is 3.09. The molecule has 2 unspecified atom stereocenters. The zero-order chi connectivity index (χ0) is 13.0. The molecule has 0 heterocycles. The summed E-state index contributed by atoms with van der Waals surface area (Å²) >= 11 is 0. The Morgan fingerprint density at radius 3 is 2.67 bits per heavy atom. The molecule has 0 aliphatic heterocycles. The average molecular weight is 248 g/mol. The van der Waals surface area contributed by atoms with Crippen molar-refractivity contribution in [3.8, 4) is 0 Å². The zero-order valence-corrected chi connectivity index (χ0v) is 10.4. The van der Waals surface area contributed by atoms with Crippen LogP contribution in [0.2, 0.25) is 0 Å². The van der Waals surface area contributed by atoms with Crippen molar-refractivity contribution in [2.24, 2.45) is 11.7 Å². The summed E-state index contributed by atoms with van der Waals surface area (Å²) in [5.74, 6) is -0.0134. The molecule has 0 spiro atoms. The molecular weight excluding hydrogens is 228 g/mol. The molecule has 4 N–H and O–H groups in total. The first-order chi connectivity index (χ1) is 8.70. The van der Waals surface area contributed by atoms with Crippen molar-refractivity contribution in [3.05, 3.63) is 35.4 Å². The third-order valence-electron chi connectivity index (χ3n) is 3.70. The second-order valence-corrected chi connectivity index (χ2v) is 4.92. The number of aliphatic hydroxyl groups is 1. The molecule has 4 heteroatoms. The van der Waals surface area contributed by atoms with Gasteiger partial charge in [0.1, 0.15) is 0 Å². The van der Waals surface area contributed by atoms with Crippen molar-refractivity contribution in [1.82, 2.24) is 5.32 Å². The van der Waals surface area contributed by atoms with Crippen LogP contribution in [-0.2, 0) is 6.54 Å². The Hall–Kier alpha value is -1.39. The van der Waals surface area contributed by atoms with Gasteiger partial charge in [0.25, 0.3) is 0 Å². The van der Waals surface area contributed by atoms with E-state index in [1.165, 1.54) is 6.42 Å². The lowest BCUT2D eigenvalue weighted by Gasteiger charge is -2.19. The lowest BCUT2D eigenvalue weighted by Crippen LogP contribution is -2.33. The Balaban J connectivity index is 1.88. The second-order valence-electron chi connectivity index (χ2n) is 4.92. The van der Waals surface area contributed by atoms with E-state index in [4.69, 9.17) is 5.73 Å². The molecule has 1 aliphatic rings. The van der Waals surface area contributed by atoms with Gasteiger partial charge in [0, 0.05) is 24.8 Å². The van der Waals surface area contributed by atoms with E-state index in [2.05, 4.69) is 5.32 Å². The summed E-state index contributed by atoms with van der Waals surface area (Å²) in [6.07, 6.45) is 3.42. The number of carbonyl (C=O) groups is 1. The minimum atomic E-state index is -0.398. The summed E-state index contributed by atoms with van der Waals surface area (Å²) < 4.78 is 0. The highest BCUT2D eigenvalue weighted by atomic mass is 16.3. The average Bonchev–Trinajstić information content (AvgIpc) is 2.84. The van der Waals surface area contributed by atoms with E-state index in [0.29, 0.717) is 17.5 Å². The lowest BCUT2D eigenvalue weighted by atomic mass is 10.0. The molecule has 1 aromatic rings. The maximum atomic E-state index is 10.9. The summed E-state index contributed by atoms with van der Waals surface area (Å²) in [5.41, 5.74) is 6.85. The minimum absolute atomic E-state index is 0.262. The fourth-order valence-corrected chi connectivity index (χ4v) is 2.56. The first-order valence-corrected chi connectivity index (χ1v) is 6.43. The molecule has 4 nitrogen and oxygen atoms in total. The van der Waals surface area contributed by atoms with E-state index in [-0.39, 0.29) is 6.61 Å². The van der Waals surface area contributed by atoms with Gasteiger partial charge < -0.3 is 16.2 Å². The summed E-state index contributed by atoms with van der Waals surface area (Å²) in [6.45, 7) is 1.03. The van der Waals surface area contributed by atoms with Crippen LogP contribution in [-0.4, -0.2) is 23.7 Å². The number of nitrogens with one attached hydrogen (secondary N) is 1. The number of amides is 1. The van der Waals surface area contributed by atoms with Crippen molar-refractivity contribution in [1.29, 1.82) is 0 Å². The van der Waals surface area contributed by atoms with Gasteiger partial charge in [-0.3, -0.25) is 4.79 Å². The van der Waals surface area contributed by atoms with Crippen LogP contribution in [0.1, 0.15) is 35.2 Å². The number of hydrogen-bond donors (Lipinski definition) is 3. The smallest absolute Gasteiger partial charge is 0.248 e. The van der Waals surface area contributed by atoms with Gasteiger partial charge in [0.05, 0.1) is 0 Å². The number of hydrogen-bond acceptors (Lipinski definition) is 3. The van der Waals surface area contributed by atoms with E-state index in [1.807, 2.05) is 12.1 Å². The standard InChI is InChI=1S/C14H20N2O2/c15-14(18)11-6-4-10(5-7-11)8-16-13-3-1-2-12(13)9-17/h4-7,12-13,16-17H,1-3,8-9H2,(H2,15,18). The Bertz CT molecular complexity index is 403. The molecule has 2 atom stereocenters. The summed E-state index contributed by atoms with van der Waals surface area (Å²) in [6, 6.07) is 7.73. The maximum Gasteiger partial charge on any atom is 0.248 e. The first-order valence-electron chi connectivity index (χ1n) is 6.43. The monoisotopic (exact) mass is 248 g/mol. The Morgan fingerprint density at radius 2 is 2.06 bits per heavy atom. The van der Waals surface area contributed by atoms with E-state index in [1.54, 1.807) is 12.1 Å². The van der Waals surface area contributed by atoms with Gasteiger partial charge in [-0.05, 0) is 36.5 Å². The number of aliphatic hydroxyl groups excluding tert-OH is 1. The Kier molecular flexibility index (Phi) is 4.33. The predicted molar refractivity (Wildman–Crippen MR) is 70.0 cm³/mol. The summed E-state index contributed by atoms with van der Waals surface area (Å²) in [4.78, 5) is 10.9. The quantitative estimate of drug-likeness (QED) is 0.728. The van der Waals surface area contributed by atoms with Crippen LogP contribution in [0.25, 0.3) is 0 Å². The fourth-order valence-electron chi connectivity index (χ4n) is 2.56. The molecule has 2 rings (SSSR count). The number of nitrogens with two attached hydrogens (primary N) is 1. The van der Waals surface area contributed by atoms with Crippen LogP contribution >= 0.6 is 0 Å². The molecule has 1 aromatic carbocycles. The van der Waals surface area contributed by atoms with Crippen molar-refractivity contribution in [2.75, 3.05) is 6.61 Å². The SMILES string of the molecule is NC(=O)c1ccc(CNC2CCCC2CO)cc1. The first kappa shape index (κ1) is 13.1. The van der Waals surface area contributed by atoms with Gasteiger partial charge in [-0.15, -0.1) is 0 Å². The molecule has 1 aliphatic carbocycles. The number of primary amides is 1. The molecule has 0 bridgehead atoms. The van der Waals surface area contributed by atoms with E-state index >= 15 is 0 Å². The third-order valence-corrected chi connectivity index (χ3v) is 3.70. The van der Waals surface area contributed by atoms with Gasteiger partial charge in [-0.25, -0.2) is 0 Å². The van der Waals surface area contributed by atoms with Crippen molar-refractivity contribution < 1.29 is 9.90 Å². The van der Waals surface area contributed by atoms with E-state index in [9.17, 15) is 9.90 Å². The van der Waals surface area contributed by atoms with Crippen LogP contribution in [0.5, 0.6) is 0 Å². The molecule has 1 fully saturated rings. The fraction of sp³-hybridized carbons (Fsp3) is 0.500. The van der Waals surface area contributed by atoms with Crippen LogP contribution in [0.3, 0.4) is 0 Å². The largest absolute Gasteiger partial charge is 0.396 e. The van der Waals surface area contributed by atoms with Crippen LogP contribution in [0.4, 0.5) is 0 Å². The van der Waals surface area contributed by atoms with E-state index < -0.39 is 5.91 Å². The van der Waals surface area contributed by atoms with Gasteiger partial charge in [0.2, 0.25) is 5.91 Å². The molecule has 0 radical (unpaired) electrons. The van der Waals surface area contributed by atoms with Crippen molar-refractivity contribution >= 4 is 5.91 Å². The lowest BCUT2D eigenvalue weighted by molar-refractivity contribution is 0.100. The van der Waals surface area contributed by atoms with Crippen LogP contribution < -0.4 is 11.1 Å². The predicted octanol–water partition coefficient (Wildman–Crippen LogP) is 1.04. The minimum Gasteiger partial charge on any atom is -0.396 e. The highest BCUT2D eigenvalue weighted by molar-refractivity contribution is 5.92. The van der Waals surface area contributed by atoms with Gasteiger partial charge >= 0.3 is 0 Å². The Labute approximate surface area is 107 Å². The Morgan fingerprint density at radius 1 is 1.33 bits per heavy atom. The maximum absolute atomic E-state index is 10.9.